The van der Waals surface area contributed by atoms with E-state index in [-0.39, 0.29) is 22.2 Å². The summed E-state index contributed by atoms with van der Waals surface area (Å²) in [7, 11) is 0. The number of aromatic carboxylic acids is 1. The van der Waals surface area contributed by atoms with Gasteiger partial charge in [0, 0.05) is 11.4 Å². The van der Waals surface area contributed by atoms with Crippen molar-refractivity contribution in [3.63, 3.8) is 0 Å². The number of hydrogen-bond acceptors (Lipinski definition) is 2. The maximum Gasteiger partial charge on any atom is 0.339 e. The van der Waals surface area contributed by atoms with Gasteiger partial charge in [-0.2, -0.15) is 0 Å². The second-order valence-corrected chi connectivity index (χ2v) is 4.12. The normalized spacial score (nSPS) is 9.80. The number of carbonyl (C=O) groups excluding carboxylic acids is 1. The van der Waals surface area contributed by atoms with Crippen LogP contribution in [-0.4, -0.2) is 17.0 Å². The molecule has 0 radical (unpaired) electrons. The number of amides is 1. The zero-order valence-electron chi connectivity index (χ0n) is 7.67. The first kappa shape index (κ1) is 12.0. The molecule has 0 aliphatic rings. The topological polar surface area (TPSA) is 66.4 Å². The third kappa shape index (κ3) is 2.94. The molecule has 0 spiro atoms. The van der Waals surface area contributed by atoms with Crippen molar-refractivity contribution in [3.8, 4) is 0 Å². The van der Waals surface area contributed by atoms with Crippen molar-refractivity contribution >= 4 is 45.1 Å². The molecule has 0 saturated carbocycles. The van der Waals surface area contributed by atoms with E-state index in [1.807, 2.05) is 0 Å². The highest BCUT2D eigenvalue weighted by Gasteiger charge is 2.16. The van der Waals surface area contributed by atoms with Gasteiger partial charge in [0.1, 0.15) is 5.56 Å². The number of carboxylic acids is 1. The van der Waals surface area contributed by atoms with Gasteiger partial charge in [0.15, 0.2) is 0 Å². The van der Waals surface area contributed by atoms with Crippen molar-refractivity contribution in [1.82, 2.24) is 0 Å². The molecule has 4 nitrogen and oxygen atoms in total. The number of nitrogens with one attached hydrogen (secondary N) is 1. The Bertz CT molecular complexity index is 434. The summed E-state index contributed by atoms with van der Waals surface area (Å²) in [4.78, 5) is 21.7. The van der Waals surface area contributed by atoms with Crippen LogP contribution in [0.2, 0.25) is 5.02 Å². The Morgan fingerprint density at radius 2 is 2.07 bits per heavy atom. The van der Waals surface area contributed by atoms with Crippen molar-refractivity contribution in [1.29, 1.82) is 0 Å². The van der Waals surface area contributed by atoms with Gasteiger partial charge in [0.25, 0.3) is 0 Å². The van der Waals surface area contributed by atoms with E-state index in [1.165, 1.54) is 19.1 Å². The Labute approximate surface area is 99.4 Å². The predicted molar refractivity (Wildman–Crippen MR) is 60.4 cm³/mol. The number of carboxylic acid groups (broad SMARTS) is 1. The molecular weight excluding hydrogens is 285 g/mol. The molecule has 0 unspecified atom stereocenters. The van der Waals surface area contributed by atoms with Crippen LogP contribution in [0.15, 0.2) is 16.6 Å². The molecule has 0 bridgehead atoms. The van der Waals surface area contributed by atoms with Crippen molar-refractivity contribution in [2.24, 2.45) is 0 Å². The Hall–Kier alpha value is -1.07. The lowest BCUT2D eigenvalue weighted by molar-refractivity contribution is -0.114. The van der Waals surface area contributed by atoms with Crippen LogP contribution in [0.5, 0.6) is 0 Å². The van der Waals surface area contributed by atoms with Gasteiger partial charge in [-0.15, -0.1) is 0 Å². The number of benzene rings is 1. The van der Waals surface area contributed by atoms with Gasteiger partial charge < -0.3 is 10.4 Å². The Morgan fingerprint density at radius 1 is 1.47 bits per heavy atom. The van der Waals surface area contributed by atoms with Gasteiger partial charge in [0.2, 0.25) is 5.91 Å². The lowest BCUT2D eigenvalue weighted by Gasteiger charge is -2.08. The molecule has 0 heterocycles. The van der Waals surface area contributed by atoms with Gasteiger partial charge in [-0.05, 0) is 12.1 Å². The van der Waals surface area contributed by atoms with Crippen LogP contribution in [0.1, 0.15) is 17.3 Å². The molecule has 1 aromatic carbocycles. The van der Waals surface area contributed by atoms with Crippen LogP contribution in [0.25, 0.3) is 0 Å². The number of anilines is 1. The second-order valence-electron chi connectivity index (χ2n) is 2.80. The SMILES string of the molecule is CC(=O)Nc1cc(Br)cc(Cl)c1C(=O)O. The molecule has 1 amide bonds. The van der Waals surface area contributed by atoms with Crippen molar-refractivity contribution in [2.45, 2.75) is 6.92 Å². The molecule has 0 saturated heterocycles. The summed E-state index contributed by atoms with van der Waals surface area (Å²) < 4.78 is 0.598. The van der Waals surface area contributed by atoms with Gasteiger partial charge >= 0.3 is 5.97 Å². The molecule has 0 aromatic heterocycles. The average Bonchev–Trinajstić information content (AvgIpc) is 1.99. The maximum absolute atomic E-state index is 10.9. The molecule has 0 aliphatic carbocycles. The predicted octanol–water partition coefficient (Wildman–Crippen LogP) is 2.76. The van der Waals surface area contributed by atoms with Crippen LogP contribution < -0.4 is 5.32 Å². The Morgan fingerprint density at radius 3 is 2.53 bits per heavy atom. The largest absolute Gasteiger partial charge is 0.478 e. The molecule has 2 N–H and O–H groups in total. The minimum Gasteiger partial charge on any atom is -0.478 e. The minimum absolute atomic E-state index is 0.0700. The fraction of sp³-hybridized carbons (Fsp3) is 0.111. The molecule has 0 atom stereocenters. The fourth-order valence-corrected chi connectivity index (χ4v) is 1.97. The summed E-state index contributed by atoms with van der Waals surface area (Å²) in [6.45, 7) is 1.29. The smallest absolute Gasteiger partial charge is 0.339 e. The van der Waals surface area contributed by atoms with Crippen molar-refractivity contribution in [2.75, 3.05) is 5.32 Å². The fourth-order valence-electron chi connectivity index (χ4n) is 1.08. The molecule has 15 heavy (non-hydrogen) atoms. The van der Waals surface area contributed by atoms with E-state index in [2.05, 4.69) is 21.2 Å². The summed E-state index contributed by atoms with van der Waals surface area (Å²) in [5.74, 6) is -1.54. The Kier molecular flexibility index (Phi) is 3.71. The third-order valence-corrected chi connectivity index (χ3v) is 2.34. The lowest BCUT2D eigenvalue weighted by atomic mass is 10.2. The van der Waals surface area contributed by atoms with Gasteiger partial charge in [-0.3, -0.25) is 4.79 Å². The second kappa shape index (κ2) is 4.63. The summed E-state index contributed by atoms with van der Waals surface area (Å²) in [6.07, 6.45) is 0. The van der Waals surface area contributed by atoms with Crippen LogP contribution in [-0.2, 0) is 4.79 Å². The first-order valence-corrected chi connectivity index (χ1v) is 5.09. The minimum atomic E-state index is -1.18. The number of hydrogen-bond donors (Lipinski definition) is 2. The van der Waals surface area contributed by atoms with E-state index in [4.69, 9.17) is 16.7 Å². The number of halogens is 2. The van der Waals surface area contributed by atoms with Gasteiger partial charge in [-0.1, -0.05) is 27.5 Å². The summed E-state index contributed by atoms with van der Waals surface area (Å²) in [5.41, 5.74) is 0.0597. The molecule has 80 valence electrons. The third-order valence-electron chi connectivity index (χ3n) is 1.58. The van der Waals surface area contributed by atoms with E-state index in [0.29, 0.717) is 4.47 Å². The van der Waals surface area contributed by atoms with E-state index >= 15 is 0 Å². The first-order valence-electron chi connectivity index (χ1n) is 3.91. The quantitative estimate of drug-likeness (QED) is 0.881. The van der Waals surface area contributed by atoms with E-state index in [0.717, 1.165) is 0 Å². The van der Waals surface area contributed by atoms with Crippen molar-refractivity contribution < 1.29 is 14.7 Å². The maximum atomic E-state index is 10.9. The van der Waals surface area contributed by atoms with Crippen LogP contribution >= 0.6 is 27.5 Å². The van der Waals surface area contributed by atoms with Crippen molar-refractivity contribution in [3.05, 3.63) is 27.2 Å². The summed E-state index contributed by atoms with van der Waals surface area (Å²) in [6, 6.07) is 2.94. The zero-order chi connectivity index (χ0) is 11.6. The average molecular weight is 293 g/mol. The highest BCUT2D eigenvalue weighted by Crippen LogP contribution is 2.29. The lowest BCUT2D eigenvalue weighted by Crippen LogP contribution is -2.11. The molecule has 1 aromatic rings. The van der Waals surface area contributed by atoms with E-state index in [1.54, 1.807) is 0 Å². The van der Waals surface area contributed by atoms with E-state index in [9.17, 15) is 9.59 Å². The van der Waals surface area contributed by atoms with Gasteiger partial charge in [-0.25, -0.2) is 4.79 Å². The molecular formula is C9H7BrClNO3. The summed E-state index contributed by atoms with van der Waals surface area (Å²) >= 11 is 8.91. The molecule has 6 heteroatoms. The monoisotopic (exact) mass is 291 g/mol. The number of carbonyl (C=O) groups is 2. The molecule has 0 fully saturated rings. The number of rotatable bonds is 2. The zero-order valence-corrected chi connectivity index (χ0v) is 10.0. The highest BCUT2D eigenvalue weighted by molar-refractivity contribution is 9.10. The molecule has 1 rings (SSSR count). The summed E-state index contributed by atoms with van der Waals surface area (Å²) in [5, 5.41) is 11.4. The highest BCUT2D eigenvalue weighted by atomic mass is 79.9. The van der Waals surface area contributed by atoms with Crippen LogP contribution in [0.4, 0.5) is 5.69 Å². The van der Waals surface area contributed by atoms with Gasteiger partial charge in [0.05, 0.1) is 10.7 Å². The Balaban J connectivity index is 3.33. The van der Waals surface area contributed by atoms with Crippen LogP contribution in [0.3, 0.4) is 0 Å². The molecule has 0 aliphatic heterocycles. The standard InChI is InChI=1S/C9H7BrClNO3/c1-4(13)12-7-3-5(10)2-6(11)8(7)9(14)15/h2-3H,1H3,(H,12,13)(H,14,15). The first-order chi connectivity index (χ1) is 6.91. The van der Waals surface area contributed by atoms with Crippen LogP contribution in [0, 0.1) is 0 Å². The van der Waals surface area contributed by atoms with E-state index < -0.39 is 5.97 Å².